The van der Waals surface area contributed by atoms with Crippen LogP contribution in [0, 0.1) is 6.92 Å². The lowest BCUT2D eigenvalue weighted by atomic mass is 10.2. The summed E-state index contributed by atoms with van der Waals surface area (Å²) in [4.78, 5) is 0.189. The van der Waals surface area contributed by atoms with Crippen LogP contribution in [-0.4, -0.2) is 26.5 Å². The number of hydrogen-bond donors (Lipinski definition) is 2. The normalized spacial score (nSPS) is 13.5. The predicted molar refractivity (Wildman–Crippen MR) is 83.4 cm³/mol. The predicted octanol–water partition coefficient (Wildman–Crippen LogP) is 2.65. The Morgan fingerprint density at radius 2 is 2.11 bits per heavy atom. The Hall–Kier alpha value is -0.430. The van der Waals surface area contributed by atoms with E-state index in [1.807, 2.05) is 13.2 Å². The third kappa shape index (κ3) is 4.27. The van der Waals surface area contributed by atoms with Crippen molar-refractivity contribution in [3.63, 3.8) is 0 Å². The highest BCUT2D eigenvalue weighted by atomic mass is 35.5. The zero-order valence-corrected chi connectivity index (χ0v) is 13.6. The van der Waals surface area contributed by atoms with Crippen molar-refractivity contribution in [2.45, 2.75) is 31.2 Å². The lowest BCUT2D eigenvalue weighted by Gasteiger charge is -2.17. The molecule has 1 aromatic rings. The monoisotopic (exact) mass is 322 g/mol. The molecule has 4 nitrogen and oxygen atoms in total. The molecule has 7 heteroatoms. The van der Waals surface area contributed by atoms with Gasteiger partial charge in [0.05, 0.1) is 15.6 Å². The molecule has 108 valence electrons. The van der Waals surface area contributed by atoms with Crippen LogP contribution in [0.25, 0.3) is 0 Å². The molecule has 0 radical (unpaired) electrons. The lowest BCUT2D eigenvalue weighted by molar-refractivity contribution is 0.557. The molecular formula is C12H19ClN2O2S2. The van der Waals surface area contributed by atoms with E-state index in [0.717, 1.165) is 12.2 Å². The van der Waals surface area contributed by atoms with E-state index in [2.05, 4.69) is 4.72 Å². The van der Waals surface area contributed by atoms with E-state index < -0.39 is 10.0 Å². The fourth-order valence-corrected chi connectivity index (χ4v) is 4.30. The third-order valence-corrected chi connectivity index (χ3v) is 5.49. The maximum atomic E-state index is 12.3. The van der Waals surface area contributed by atoms with Gasteiger partial charge in [0.15, 0.2) is 0 Å². The Morgan fingerprint density at radius 1 is 1.47 bits per heavy atom. The molecule has 1 atom stereocenters. The molecule has 0 heterocycles. The largest absolute Gasteiger partial charge is 0.397 e. The number of thioether (sulfide) groups is 1. The summed E-state index contributed by atoms with van der Waals surface area (Å²) < 4.78 is 27.4. The van der Waals surface area contributed by atoms with Crippen molar-refractivity contribution in [3.8, 4) is 0 Å². The van der Waals surface area contributed by atoms with Crippen LogP contribution < -0.4 is 10.5 Å². The average Bonchev–Trinajstić information content (AvgIpc) is 2.32. The van der Waals surface area contributed by atoms with Crippen molar-refractivity contribution < 1.29 is 8.42 Å². The van der Waals surface area contributed by atoms with Crippen molar-refractivity contribution in [2.24, 2.45) is 0 Å². The molecule has 1 aromatic carbocycles. The van der Waals surface area contributed by atoms with Gasteiger partial charge in [-0.1, -0.05) is 18.5 Å². The molecule has 0 saturated carbocycles. The minimum Gasteiger partial charge on any atom is -0.397 e. The highest BCUT2D eigenvalue weighted by molar-refractivity contribution is 7.98. The van der Waals surface area contributed by atoms with E-state index in [9.17, 15) is 8.42 Å². The number of sulfonamides is 1. The second-order valence-corrected chi connectivity index (χ2v) is 7.32. The quantitative estimate of drug-likeness (QED) is 0.790. The van der Waals surface area contributed by atoms with Gasteiger partial charge in [0.1, 0.15) is 0 Å². The molecule has 0 aliphatic heterocycles. The van der Waals surface area contributed by atoms with Gasteiger partial charge in [-0.3, -0.25) is 0 Å². The maximum Gasteiger partial charge on any atom is 0.241 e. The molecule has 0 aromatic heterocycles. The molecule has 3 N–H and O–H groups in total. The van der Waals surface area contributed by atoms with Gasteiger partial charge in [-0.2, -0.15) is 11.8 Å². The molecule has 0 aliphatic carbocycles. The van der Waals surface area contributed by atoms with Crippen LogP contribution in [0.15, 0.2) is 17.0 Å². The van der Waals surface area contributed by atoms with Crippen LogP contribution in [0.5, 0.6) is 0 Å². The van der Waals surface area contributed by atoms with Gasteiger partial charge < -0.3 is 5.73 Å². The Labute approximate surface area is 124 Å². The zero-order valence-electron chi connectivity index (χ0n) is 11.2. The van der Waals surface area contributed by atoms with Crippen LogP contribution in [0.3, 0.4) is 0 Å². The number of benzene rings is 1. The molecule has 0 fully saturated rings. The summed E-state index contributed by atoms with van der Waals surface area (Å²) in [7, 11) is -3.57. The zero-order chi connectivity index (χ0) is 14.6. The van der Waals surface area contributed by atoms with Gasteiger partial charge in [0, 0.05) is 11.8 Å². The van der Waals surface area contributed by atoms with Crippen LogP contribution >= 0.6 is 23.4 Å². The number of aryl methyl sites for hydroxylation is 1. The summed E-state index contributed by atoms with van der Waals surface area (Å²) in [5.41, 5.74) is 6.54. The van der Waals surface area contributed by atoms with Crippen molar-refractivity contribution >= 4 is 39.1 Å². The molecule has 0 bridgehead atoms. The minimum atomic E-state index is -3.57. The molecule has 0 spiro atoms. The Kier molecular flexibility index (Phi) is 5.98. The number of nitrogen functional groups attached to an aromatic ring is 1. The first-order valence-corrected chi connectivity index (χ1v) is 9.14. The number of hydrogen-bond acceptors (Lipinski definition) is 4. The summed E-state index contributed by atoms with van der Waals surface area (Å²) in [6, 6.07) is 2.89. The summed E-state index contributed by atoms with van der Waals surface area (Å²) in [5, 5.41) is 0.368. The van der Waals surface area contributed by atoms with Gasteiger partial charge in [0.25, 0.3) is 0 Å². The van der Waals surface area contributed by atoms with Crippen LogP contribution in [0.4, 0.5) is 5.69 Å². The fourth-order valence-electron chi connectivity index (χ4n) is 1.68. The van der Waals surface area contributed by atoms with Crippen LogP contribution in [0.1, 0.15) is 18.9 Å². The molecule has 1 rings (SSSR count). The number of nitrogens with two attached hydrogens (primary N) is 1. The molecule has 0 amide bonds. The van der Waals surface area contributed by atoms with E-state index in [4.69, 9.17) is 17.3 Å². The minimum absolute atomic E-state index is 0.0868. The SMILES string of the molecule is CCC(CSC)NS(=O)(=O)c1cc(N)c(Cl)cc1C. The van der Waals surface area contributed by atoms with Gasteiger partial charge >= 0.3 is 0 Å². The van der Waals surface area contributed by atoms with Crippen LogP contribution in [0.2, 0.25) is 5.02 Å². The summed E-state index contributed by atoms with van der Waals surface area (Å²) in [5.74, 6) is 0.734. The second-order valence-electron chi connectivity index (χ2n) is 4.32. The number of rotatable bonds is 6. The van der Waals surface area contributed by atoms with Crippen molar-refractivity contribution in [3.05, 3.63) is 22.7 Å². The maximum absolute atomic E-state index is 12.3. The first-order valence-electron chi connectivity index (χ1n) is 5.88. The van der Waals surface area contributed by atoms with E-state index >= 15 is 0 Å². The van der Waals surface area contributed by atoms with Gasteiger partial charge in [-0.05, 0) is 37.3 Å². The third-order valence-electron chi connectivity index (χ3n) is 2.77. The molecule has 1 unspecified atom stereocenters. The molecule has 19 heavy (non-hydrogen) atoms. The van der Waals surface area contributed by atoms with Crippen molar-refractivity contribution in [1.29, 1.82) is 0 Å². The van der Waals surface area contributed by atoms with Crippen molar-refractivity contribution in [2.75, 3.05) is 17.7 Å². The standard InChI is InChI=1S/C12H19ClN2O2S2/c1-4-9(7-18-3)15-19(16,17)12-6-11(14)10(13)5-8(12)2/h5-6,9,15H,4,7,14H2,1-3H3. The molecule has 0 saturated heterocycles. The highest BCUT2D eigenvalue weighted by Gasteiger charge is 2.21. The lowest BCUT2D eigenvalue weighted by Crippen LogP contribution is -2.36. The Balaban J connectivity index is 3.10. The van der Waals surface area contributed by atoms with Gasteiger partial charge in [-0.25, -0.2) is 13.1 Å². The Morgan fingerprint density at radius 3 is 2.63 bits per heavy atom. The summed E-state index contributed by atoms with van der Waals surface area (Å²) >= 11 is 7.48. The number of anilines is 1. The average molecular weight is 323 g/mol. The van der Waals surface area contributed by atoms with Gasteiger partial charge in [-0.15, -0.1) is 0 Å². The van der Waals surface area contributed by atoms with E-state index in [0.29, 0.717) is 10.6 Å². The van der Waals surface area contributed by atoms with E-state index in [1.165, 1.54) is 6.07 Å². The van der Waals surface area contributed by atoms with E-state index in [1.54, 1.807) is 24.8 Å². The number of nitrogens with one attached hydrogen (secondary N) is 1. The van der Waals surface area contributed by atoms with Gasteiger partial charge in [0.2, 0.25) is 10.0 Å². The first kappa shape index (κ1) is 16.6. The number of halogens is 1. The first-order chi connectivity index (χ1) is 8.81. The molecule has 0 aliphatic rings. The summed E-state index contributed by atoms with van der Waals surface area (Å²) in [6.07, 6.45) is 2.69. The van der Waals surface area contributed by atoms with Crippen LogP contribution in [-0.2, 0) is 10.0 Å². The van der Waals surface area contributed by atoms with E-state index in [-0.39, 0.29) is 16.6 Å². The highest BCUT2D eigenvalue weighted by Crippen LogP contribution is 2.26. The van der Waals surface area contributed by atoms with Crippen molar-refractivity contribution in [1.82, 2.24) is 4.72 Å². The molecular weight excluding hydrogens is 304 g/mol. The fraction of sp³-hybridized carbons (Fsp3) is 0.500. The smallest absolute Gasteiger partial charge is 0.241 e. The topological polar surface area (TPSA) is 72.2 Å². The summed E-state index contributed by atoms with van der Waals surface area (Å²) in [6.45, 7) is 3.65. The second kappa shape index (κ2) is 6.83. The Bertz CT molecular complexity index is 547.